The fourth-order valence-corrected chi connectivity index (χ4v) is 7.85. The lowest BCUT2D eigenvalue weighted by Crippen LogP contribution is -1.94. The van der Waals surface area contributed by atoms with Crippen LogP contribution >= 0.6 is 0 Å². The third-order valence-corrected chi connectivity index (χ3v) is 9.71. The fraction of sp³-hybridized carbons (Fsp3) is 0.0455. The summed E-state index contributed by atoms with van der Waals surface area (Å²) in [6.07, 6.45) is 0. The molecule has 11 aromatic rings. The van der Waals surface area contributed by atoms with Crippen LogP contribution in [0.15, 0.2) is 154 Å². The standard InChI is InChI=1S/C42H24N2O2.C2H6/c1-2-11-25(12-3-1)43-31-16-7-4-13-28(31)39-34(43)23-21-26-27-22-24-35-40(42(27)46-41(26)39)29-14-5-8-17-32(29)44(35)33-18-10-20-37-38(33)30-15-6-9-19-36(30)45-37;1-2/h1-24H;1-2H3. The summed E-state index contributed by atoms with van der Waals surface area (Å²) >= 11 is 0. The van der Waals surface area contributed by atoms with Crippen LogP contribution in [0.25, 0.3) is 98.9 Å². The summed E-state index contributed by atoms with van der Waals surface area (Å²) < 4.78 is 18.1. The lowest BCUT2D eigenvalue weighted by molar-refractivity contribution is 0.669. The number of rotatable bonds is 2. The molecule has 0 fully saturated rings. The zero-order valence-electron chi connectivity index (χ0n) is 26.6. The molecule has 0 saturated carbocycles. The van der Waals surface area contributed by atoms with Gasteiger partial charge in [-0.3, -0.25) is 0 Å². The molecular formula is C44H30N2O2. The predicted molar refractivity (Wildman–Crippen MR) is 201 cm³/mol. The Morgan fingerprint density at radius 1 is 0.354 bits per heavy atom. The molecule has 228 valence electrons. The van der Waals surface area contributed by atoms with Gasteiger partial charge in [0.05, 0.1) is 43.9 Å². The van der Waals surface area contributed by atoms with E-state index < -0.39 is 0 Å². The number of hydrogen-bond acceptors (Lipinski definition) is 2. The minimum atomic E-state index is 0.881. The maximum absolute atomic E-state index is 7.09. The van der Waals surface area contributed by atoms with Crippen molar-refractivity contribution in [1.82, 2.24) is 9.13 Å². The first-order valence-electron chi connectivity index (χ1n) is 16.6. The fourth-order valence-electron chi connectivity index (χ4n) is 7.85. The Balaban J connectivity index is 0.00000145. The second-order valence-electron chi connectivity index (χ2n) is 12.1. The van der Waals surface area contributed by atoms with Crippen LogP contribution in [0, 0.1) is 0 Å². The first-order valence-corrected chi connectivity index (χ1v) is 16.6. The van der Waals surface area contributed by atoms with Crippen LogP contribution in [0.4, 0.5) is 0 Å². The summed E-state index contributed by atoms with van der Waals surface area (Å²) in [6, 6.07) is 51.4. The number of benzene rings is 7. The minimum Gasteiger partial charge on any atom is -0.456 e. The van der Waals surface area contributed by atoms with E-state index in [0.29, 0.717) is 0 Å². The van der Waals surface area contributed by atoms with E-state index in [0.717, 1.165) is 88.0 Å². The molecule has 0 amide bonds. The van der Waals surface area contributed by atoms with Gasteiger partial charge in [0.2, 0.25) is 0 Å². The van der Waals surface area contributed by atoms with E-state index in [4.69, 9.17) is 8.83 Å². The summed E-state index contributed by atoms with van der Waals surface area (Å²) in [4.78, 5) is 0. The van der Waals surface area contributed by atoms with Crippen molar-refractivity contribution < 1.29 is 8.83 Å². The molecule has 0 atom stereocenters. The molecule has 0 N–H and O–H groups in total. The van der Waals surface area contributed by atoms with E-state index in [1.807, 2.05) is 26.0 Å². The number of para-hydroxylation sites is 4. The highest BCUT2D eigenvalue weighted by atomic mass is 16.3. The SMILES string of the molecule is CC.c1ccc(-n2c3ccccc3c3c4oc5c(ccc6c5c5ccccc5n6-c5cccc6oc7ccccc7c56)c4ccc32)cc1. The molecular weight excluding hydrogens is 588 g/mol. The van der Waals surface area contributed by atoms with Gasteiger partial charge in [-0.05, 0) is 66.7 Å². The van der Waals surface area contributed by atoms with Crippen LogP contribution in [-0.2, 0) is 0 Å². The second kappa shape index (κ2) is 10.1. The number of fused-ring (bicyclic) bond motifs is 14. The Morgan fingerprint density at radius 3 is 1.58 bits per heavy atom. The zero-order chi connectivity index (χ0) is 31.9. The number of nitrogens with zero attached hydrogens (tertiary/aromatic N) is 2. The number of aromatic nitrogens is 2. The van der Waals surface area contributed by atoms with E-state index in [1.54, 1.807) is 0 Å². The van der Waals surface area contributed by atoms with Crippen molar-refractivity contribution >= 4 is 87.5 Å². The van der Waals surface area contributed by atoms with Crippen LogP contribution in [0.3, 0.4) is 0 Å². The van der Waals surface area contributed by atoms with E-state index in [1.165, 1.54) is 10.9 Å². The van der Waals surface area contributed by atoms with Crippen molar-refractivity contribution in [2.24, 2.45) is 0 Å². The highest BCUT2D eigenvalue weighted by Gasteiger charge is 2.23. The number of hydrogen-bond donors (Lipinski definition) is 0. The molecule has 4 heterocycles. The Hall–Kier alpha value is -6.26. The summed E-state index contributed by atoms with van der Waals surface area (Å²) in [5.41, 5.74) is 10.4. The smallest absolute Gasteiger partial charge is 0.145 e. The molecule has 0 aliphatic heterocycles. The van der Waals surface area contributed by atoms with Gasteiger partial charge in [-0.2, -0.15) is 0 Å². The molecule has 0 unspecified atom stereocenters. The van der Waals surface area contributed by atoms with Crippen molar-refractivity contribution in [2.75, 3.05) is 0 Å². The highest BCUT2D eigenvalue weighted by molar-refractivity contribution is 6.29. The Labute approximate surface area is 275 Å². The van der Waals surface area contributed by atoms with Crippen molar-refractivity contribution in [3.05, 3.63) is 146 Å². The lowest BCUT2D eigenvalue weighted by Gasteiger charge is -2.09. The van der Waals surface area contributed by atoms with Crippen LogP contribution < -0.4 is 0 Å². The summed E-state index contributed by atoms with van der Waals surface area (Å²) in [7, 11) is 0. The maximum Gasteiger partial charge on any atom is 0.145 e. The van der Waals surface area contributed by atoms with Gasteiger partial charge in [-0.15, -0.1) is 0 Å². The Kier molecular flexibility index (Phi) is 5.67. The van der Waals surface area contributed by atoms with Gasteiger partial charge in [-0.1, -0.05) is 92.7 Å². The van der Waals surface area contributed by atoms with E-state index in [9.17, 15) is 0 Å². The van der Waals surface area contributed by atoms with Crippen LogP contribution in [0.5, 0.6) is 0 Å². The monoisotopic (exact) mass is 618 g/mol. The molecule has 0 aliphatic carbocycles. The third-order valence-electron chi connectivity index (χ3n) is 9.71. The maximum atomic E-state index is 7.09. The quantitative estimate of drug-likeness (QED) is 0.193. The minimum absolute atomic E-state index is 0.881. The first-order chi connectivity index (χ1) is 23.8. The molecule has 4 aromatic heterocycles. The van der Waals surface area contributed by atoms with Crippen molar-refractivity contribution in [3.8, 4) is 11.4 Å². The van der Waals surface area contributed by atoms with E-state index >= 15 is 0 Å². The topological polar surface area (TPSA) is 36.1 Å². The summed E-state index contributed by atoms with van der Waals surface area (Å²) in [5, 5.41) is 9.07. The van der Waals surface area contributed by atoms with E-state index in [-0.39, 0.29) is 0 Å². The van der Waals surface area contributed by atoms with E-state index in [2.05, 4.69) is 143 Å². The highest BCUT2D eigenvalue weighted by Crippen LogP contribution is 2.45. The average Bonchev–Trinajstić information content (AvgIpc) is 3.90. The van der Waals surface area contributed by atoms with Gasteiger partial charge in [0, 0.05) is 32.6 Å². The molecule has 0 bridgehead atoms. The largest absolute Gasteiger partial charge is 0.456 e. The zero-order valence-corrected chi connectivity index (χ0v) is 26.6. The van der Waals surface area contributed by atoms with Crippen LogP contribution in [0.2, 0.25) is 0 Å². The van der Waals surface area contributed by atoms with Crippen LogP contribution in [-0.4, -0.2) is 9.13 Å². The predicted octanol–water partition coefficient (Wildman–Crippen LogP) is 12.7. The Morgan fingerprint density at radius 2 is 0.896 bits per heavy atom. The number of furan rings is 2. The Bertz CT molecular complexity index is 3020. The molecule has 0 spiro atoms. The molecule has 7 aromatic carbocycles. The third kappa shape index (κ3) is 3.49. The summed E-state index contributed by atoms with van der Waals surface area (Å²) in [6.45, 7) is 4.00. The first kappa shape index (κ1) is 26.9. The molecule has 4 nitrogen and oxygen atoms in total. The van der Waals surface area contributed by atoms with Gasteiger partial charge in [-0.25, -0.2) is 0 Å². The molecule has 48 heavy (non-hydrogen) atoms. The van der Waals surface area contributed by atoms with Gasteiger partial charge in [0.1, 0.15) is 22.3 Å². The van der Waals surface area contributed by atoms with Crippen LogP contribution in [0.1, 0.15) is 13.8 Å². The van der Waals surface area contributed by atoms with Gasteiger partial charge < -0.3 is 18.0 Å². The van der Waals surface area contributed by atoms with Gasteiger partial charge in [0.25, 0.3) is 0 Å². The second-order valence-corrected chi connectivity index (χ2v) is 12.1. The molecule has 4 heteroatoms. The molecule has 0 saturated heterocycles. The normalized spacial score (nSPS) is 12.0. The molecule has 0 radical (unpaired) electrons. The van der Waals surface area contributed by atoms with Gasteiger partial charge >= 0.3 is 0 Å². The molecule has 11 rings (SSSR count). The van der Waals surface area contributed by atoms with Crippen molar-refractivity contribution in [2.45, 2.75) is 13.8 Å². The summed E-state index contributed by atoms with van der Waals surface area (Å²) in [5.74, 6) is 0. The molecule has 0 aliphatic rings. The van der Waals surface area contributed by atoms with Crippen molar-refractivity contribution in [1.29, 1.82) is 0 Å². The van der Waals surface area contributed by atoms with Crippen molar-refractivity contribution in [3.63, 3.8) is 0 Å². The lowest BCUT2D eigenvalue weighted by atomic mass is 10.1. The van der Waals surface area contributed by atoms with Gasteiger partial charge in [0.15, 0.2) is 0 Å². The average molecular weight is 619 g/mol.